The lowest BCUT2D eigenvalue weighted by molar-refractivity contribution is -0.119. The second-order valence-electron chi connectivity index (χ2n) is 5.27. The zero-order chi connectivity index (χ0) is 16.7. The molecular weight excluding hydrogens is 296 g/mol. The van der Waals surface area contributed by atoms with Crippen LogP contribution in [0.25, 0.3) is 11.4 Å². The zero-order valence-electron chi connectivity index (χ0n) is 13.5. The summed E-state index contributed by atoms with van der Waals surface area (Å²) in [7, 11) is 1.62. The average Bonchev–Trinajstić information content (AvgIpc) is 3.00. The van der Waals surface area contributed by atoms with Gasteiger partial charge in [-0.3, -0.25) is 9.69 Å². The van der Waals surface area contributed by atoms with Crippen molar-refractivity contribution in [2.45, 2.75) is 26.3 Å². The van der Waals surface area contributed by atoms with Crippen molar-refractivity contribution in [3.05, 3.63) is 30.2 Å². The maximum Gasteiger partial charge on any atom is 0.241 e. The molecular formula is C16H22N4O3. The quantitative estimate of drug-likeness (QED) is 0.758. The van der Waals surface area contributed by atoms with Gasteiger partial charge in [0.05, 0.1) is 20.2 Å². The number of carbonyl (C=O) groups is 1. The molecule has 0 bridgehead atoms. The van der Waals surface area contributed by atoms with E-state index in [1.54, 1.807) is 7.11 Å². The SMILES string of the molecule is CCCCN(CC(N)=O)Cc1nc(-c2ccc(OC)cc2)no1. The summed E-state index contributed by atoms with van der Waals surface area (Å²) in [5.41, 5.74) is 6.13. The predicted octanol–water partition coefficient (Wildman–Crippen LogP) is 1.83. The minimum absolute atomic E-state index is 0.181. The van der Waals surface area contributed by atoms with E-state index in [0.29, 0.717) is 18.3 Å². The van der Waals surface area contributed by atoms with E-state index in [2.05, 4.69) is 17.1 Å². The van der Waals surface area contributed by atoms with Crippen LogP contribution in [0.4, 0.5) is 0 Å². The van der Waals surface area contributed by atoms with Crippen molar-refractivity contribution in [3.63, 3.8) is 0 Å². The third-order valence-corrected chi connectivity index (χ3v) is 3.38. The number of primary amides is 1. The molecule has 1 amide bonds. The Morgan fingerprint density at radius 3 is 2.70 bits per heavy atom. The Labute approximate surface area is 135 Å². The molecule has 0 spiro atoms. The van der Waals surface area contributed by atoms with Gasteiger partial charge >= 0.3 is 0 Å². The van der Waals surface area contributed by atoms with Crippen LogP contribution >= 0.6 is 0 Å². The fourth-order valence-corrected chi connectivity index (χ4v) is 2.18. The summed E-state index contributed by atoms with van der Waals surface area (Å²) in [5.74, 6) is 1.38. The molecule has 0 aliphatic carbocycles. The first-order valence-electron chi connectivity index (χ1n) is 7.60. The molecule has 0 aliphatic rings. The summed E-state index contributed by atoms with van der Waals surface area (Å²) in [5, 5.41) is 3.98. The molecule has 1 heterocycles. The van der Waals surface area contributed by atoms with Gasteiger partial charge in [-0.2, -0.15) is 4.98 Å². The second kappa shape index (κ2) is 8.28. The lowest BCUT2D eigenvalue weighted by Gasteiger charge is -2.17. The molecule has 7 nitrogen and oxygen atoms in total. The van der Waals surface area contributed by atoms with Crippen LogP contribution in [-0.4, -0.2) is 41.1 Å². The summed E-state index contributed by atoms with van der Waals surface area (Å²) in [6, 6.07) is 7.41. The van der Waals surface area contributed by atoms with Gasteiger partial charge in [-0.15, -0.1) is 0 Å². The standard InChI is InChI=1S/C16H22N4O3/c1-3-4-9-20(10-14(17)21)11-15-18-16(19-23-15)12-5-7-13(22-2)8-6-12/h5-8H,3-4,9-11H2,1-2H3,(H2,17,21). The van der Waals surface area contributed by atoms with Crippen LogP contribution in [-0.2, 0) is 11.3 Å². The van der Waals surface area contributed by atoms with Gasteiger partial charge in [0.1, 0.15) is 5.75 Å². The summed E-state index contributed by atoms with van der Waals surface area (Å²) < 4.78 is 10.4. The maximum absolute atomic E-state index is 11.2. The molecule has 0 fully saturated rings. The van der Waals surface area contributed by atoms with E-state index >= 15 is 0 Å². The van der Waals surface area contributed by atoms with E-state index in [0.717, 1.165) is 30.7 Å². The number of ether oxygens (including phenoxy) is 1. The molecule has 0 saturated heterocycles. The van der Waals surface area contributed by atoms with Gasteiger partial charge in [0.15, 0.2) is 0 Å². The van der Waals surface area contributed by atoms with Crippen LogP contribution in [0.5, 0.6) is 5.75 Å². The molecule has 0 radical (unpaired) electrons. The Morgan fingerprint density at radius 1 is 1.35 bits per heavy atom. The van der Waals surface area contributed by atoms with Crippen molar-refractivity contribution >= 4 is 5.91 Å². The number of nitrogens with two attached hydrogens (primary N) is 1. The van der Waals surface area contributed by atoms with Crippen LogP contribution in [0, 0.1) is 0 Å². The van der Waals surface area contributed by atoms with E-state index in [1.165, 1.54) is 0 Å². The number of hydrogen-bond acceptors (Lipinski definition) is 6. The van der Waals surface area contributed by atoms with Gasteiger partial charge < -0.3 is 15.0 Å². The highest BCUT2D eigenvalue weighted by Crippen LogP contribution is 2.20. The highest BCUT2D eigenvalue weighted by molar-refractivity contribution is 5.75. The highest BCUT2D eigenvalue weighted by Gasteiger charge is 2.14. The number of unbranched alkanes of at least 4 members (excludes halogenated alkanes) is 1. The van der Waals surface area contributed by atoms with Gasteiger partial charge in [-0.05, 0) is 37.2 Å². The number of aromatic nitrogens is 2. The summed E-state index contributed by atoms with van der Waals surface area (Å²) in [6.45, 7) is 3.45. The first-order valence-corrected chi connectivity index (χ1v) is 7.60. The minimum atomic E-state index is -0.365. The molecule has 124 valence electrons. The number of rotatable bonds is 9. The molecule has 1 aromatic carbocycles. The van der Waals surface area contributed by atoms with Crippen LogP contribution in [0.15, 0.2) is 28.8 Å². The molecule has 2 aromatic rings. The second-order valence-corrected chi connectivity index (χ2v) is 5.27. The van der Waals surface area contributed by atoms with Crippen LogP contribution < -0.4 is 10.5 Å². The summed E-state index contributed by atoms with van der Waals surface area (Å²) >= 11 is 0. The number of amides is 1. The monoisotopic (exact) mass is 318 g/mol. The molecule has 0 atom stereocenters. The number of nitrogens with zero attached hydrogens (tertiary/aromatic N) is 3. The largest absolute Gasteiger partial charge is 0.497 e. The van der Waals surface area contributed by atoms with Gasteiger partial charge in [-0.1, -0.05) is 18.5 Å². The van der Waals surface area contributed by atoms with Crippen molar-refractivity contribution < 1.29 is 14.1 Å². The van der Waals surface area contributed by atoms with Crippen LogP contribution in [0.3, 0.4) is 0 Å². The van der Waals surface area contributed by atoms with Gasteiger partial charge in [-0.25, -0.2) is 0 Å². The molecule has 0 aliphatic heterocycles. The molecule has 1 aromatic heterocycles. The Morgan fingerprint density at radius 2 is 2.09 bits per heavy atom. The topological polar surface area (TPSA) is 94.5 Å². The van der Waals surface area contributed by atoms with Crippen molar-refractivity contribution in [3.8, 4) is 17.1 Å². The van der Waals surface area contributed by atoms with E-state index < -0.39 is 0 Å². The highest BCUT2D eigenvalue weighted by atomic mass is 16.5. The first kappa shape index (κ1) is 17.0. The fourth-order valence-electron chi connectivity index (χ4n) is 2.18. The molecule has 23 heavy (non-hydrogen) atoms. The van der Waals surface area contributed by atoms with Crippen LogP contribution in [0.2, 0.25) is 0 Å². The van der Waals surface area contributed by atoms with Crippen molar-refractivity contribution in [1.82, 2.24) is 15.0 Å². The lowest BCUT2D eigenvalue weighted by Crippen LogP contribution is -2.34. The normalized spacial score (nSPS) is 10.9. The smallest absolute Gasteiger partial charge is 0.241 e. The summed E-state index contributed by atoms with van der Waals surface area (Å²) in [6.07, 6.45) is 2.02. The Kier molecular flexibility index (Phi) is 6.10. The van der Waals surface area contributed by atoms with Gasteiger partial charge in [0, 0.05) is 5.56 Å². The number of carbonyl (C=O) groups excluding carboxylic acids is 1. The maximum atomic E-state index is 11.2. The van der Waals surface area contributed by atoms with Crippen molar-refractivity contribution in [2.75, 3.05) is 20.2 Å². The average molecular weight is 318 g/mol. The fraction of sp³-hybridized carbons (Fsp3) is 0.438. The zero-order valence-corrected chi connectivity index (χ0v) is 13.5. The number of benzene rings is 1. The molecule has 2 N–H and O–H groups in total. The lowest BCUT2D eigenvalue weighted by atomic mass is 10.2. The van der Waals surface area contributed by atoms with Crippen molar-refractivity contribution in [2.24, 2.45) is 5.73 Å². The van der Waals surface area contributed by atoms with Gasteiger partial charge in [0.2, 0.25) is 17.6 Å². The van der Waals surface area contributed by atoms with E-state index in [9.17, 15) is 4.79 Å². The van der Waals surface area contributed by atoms with E-state index in [1.807, 2.05) is 29.2 Å². The molecule has 0 saturated carbocycles. The van der Waals surface area contributed by atoms with Gasteiger partial charge in [0.25, 0.3) is 0 Å². The Balaban J connectivity index is 2.05. The van der Waals surface area contributed by atoms with E-state index in [4.69, 9.17) is 15.0 Å². The molecule has 2 rings (SSSR count). The minimum Gasteiger partial charge on any atom is -0.497 e. The molecule has 7 heteroatoms. The molecule has 0 unspecified atom stereocenters. The third-order valence-electron chi connectivity index (χ3n) is 3.38. The van der Waals surface area contributed by atoms with Crippen LogP contribution in [0.1, 0.15) is 25.7 Å². The third kappa shape index (κ3) is 5.07. The number of methoxy groups -OCH3 is 1. The number of hydrogen-bond donors (Lipinski definition) is 1. The Hall–Kier alpha value is -2.41. The van der Waals surface area contributed by atoms with E-state index in [-0.39, 0.29) is 12.5 Å². The Bertz CT molecular complexity index is 625. The first-order chi connectivity index (χ1) is 11.1. The predicted molar refractivity (Wildman–Crippen MR) is 85.7 cm³/mol. The summed E-state index contributed by atoms with van der Waals surface area (Å²) in [4.78, 5) is 17.4. The van der Waals surface area contributed by atoms with Crippen molar-refractivity contribution in [1.29, 1.82) is 0 Å².